The van der Waals surface area contributed by atoms with Crippen LogP contribution in [0.15, 0.2) is 47.4 Å². The molecule has 2 heterocycles. The molecule has 1 saturated heterocycles. The number of hydrogen-bond acceptors (Lipinski definition) is 5. The number of rotatable bonds is 8. The van der Waals surface area contributed by atoms with Gasteiger partial charge in [-0.15, -0.1) is 11.8 Å². The average molecular weight is 441 g/mol. The van der Waals surface area contributed by atoms with Gasteiger partial charge in [0.05, 0.1) is 22.9 Å². The first-order valence-corrected chi connectivity index (χ1v) is 12.4. The maximum Gasteiger partial charge on any atom is 0.228 e. The lowest BCUT2D eigenvalue weighted by atomic mass is 10.1. The summed E-state index contributed by atoms with van der Waals surface area (Å²) < 4.78 is 6.98. The van der Waals surface area contributed by atoms with Crippen molar-refractivity contribution in [3.63, 3.8) is 0 Å². The molecule has 0 N–H and O–H groups in total. The summed E-state index contributed by atoms with van der Waals surface area (Å²) in [6, 6.07) is 14.7. The first-order chi connectivity index (χ1) is 14.6. The van der Waals surface area contributed by atoms with E-state index in [1.54, 1.807) is 23.1 Å². The molecule has 1 fully saturated rings. The van der Waals surface area contributed by atoms with Gasteiger partial charge in [-0.25, -0.2) is 4.98 Å². The average Bonchev–Trinajstić information content (AvgIpc) is 3.39. The molecule has 3 aromatic rings. The second-order valence-electron chi connectivity index (χ2n) is 7.83. The van der Waals surface area contributed by atoms with Crippen LogP contribution in [0.4, 0.5) is 5.13 Å². The van der Waals surface area contributed by atoms with E-state index in [2.05, 4.69) is 38.1 Å². The Kier molecular flexibility index (Phi) is 7.08. The summed E-state index contributed by atoms with van der Waals surface area (Å²) in [7, 11) is 0. The second-order valence-corrected chi connectivity index (χ2v) is 10.0. The molecule has 4 nitrogen and oxygen atoms in total. The number of fused-ring (bicyclic) bond motifs is 1. The summed E-state index contributed by atoms with van der Waals surface area (Å²) in [5, 5.41) is 0.801. The second kappa shape index (κ2) is 9.94. The van der Waals surface area contributed by atoms with Crippen LogP contribution in [0, 0.1) is 13.8 Å². The van der Waals surface area contributed by atoms with Gasteiger partial charge in [0.1, 0.15) is 0 Å². The van der Waals surface area contributed by atoms with Crippen LogP contribution in [0.3, 0.4) is 0 Å². The van der Waals surface area contributed by atoms with Gasteiger partial charge >= 0.3 is 0 Å². The van der Waals surface area contributed by atoms with Gasteiger partial charge in [0.2, 0.25) is 5.91 Å². The molecule has 1 atom stereocenters. The molecule has 1 unspecified atom stereocenters. The molecule has 0 spiro atoms. The van der Waals surface area contributed by atoms with Crippen LogP contribution in [-0.2, 0) is 9.53 Å². The standard InChI is InChI=1S/C24H28N2O2S2/c1-17-14-18(2)23-21(15-17)30-24(25-23)26(16-19-8-6-12-28-19)22(27)11-7-13-29-20-9-4-3-5-10-20/h3-5,9-10,14-15,19H,6-8,11-13,16H2,1-2H3. The highest BCUT2D eigenvalue weighted by Crippen LogP contribution is 2.33. The zero-order chi connectivity index (χ0) is 20.9. The lowest BCUT2D eigenvalue weighted by Crippen LogP contribution is -2.37. The largest absolute Gasteiger partial charge is 0.376 e. The Labute approximate surface area is 186 Å². The Morgan fingerprint density at radius 1 is 1.27 bits per heavy atom. The van der Waals surface area contributed by atoms with Gasteiger partial charge in [-0.1, -0.05) is 35.6 Å². The van der Waals surface area contributed by atoms with Crippen LogP contribution in [0.2, 0.25) is 0 Å². The first kappa shape index (κ1) is 21.3. The Balaban J connectivity index is 1.46. The van der Waals surface area contributed by atoms with E-state index in [0.717, 1.165) is 52.5 Å². The molecule has 30 heavy (non-hydrogen) atoms. The van der Waals surface area contributed by atoms with E-state index in [-0.39, 0.29) is 12.0 Å². The molecule has 0 bridgehead atoms. The summed E-state index contributed by atoms with van der Waals surface area (Å²) in [5.74, 6) is 1.08. The highest BCUT2D eigenvalue weighted by Gasteiger charge is 2.26. The van der Waals surface area contributed by atoms with Gasteiger partial charge in [-0.2, -0.15) is 0 Å². The summed E-state index contributed by atoms with van der Waals surface area (Å²) >= 11 is 3.42. The molecular formula is C24H28N2O2S2. The Morgan fingerprint density at radius 2 is 2.10 bits per heavy atom. The fraction of sp³-hybridized carbons (Fsp3) is 0.417. The lowest BCUT2D eigenvalue weighted by molar-refractivity contribution is -0.119. The predicted octanol–water partition coefficient (Wildman–Crippen LogP) is 6.00. The van der Waals surface area contributed by atoms with Crippen molar-refractivity contribution < 1.29 is 9.53 Å². The number of thiazole rings is 1. The molecule has 6 heteroatoms. The number of ether oxygens (including phenoxy) is 1. The summed E-state index contributed by atoms with van der Waals surface area (Å²) in [5.41, 5.74) is 3.40. The topological polar surface area (TPSA) is 42.4 Å². The van der Waals surface area contributed by atoms with Gasteiger partial charge in [0.15, 0.2) is 5.13 Å². The van der Waals surface area contributed by atoms with Gasteiger partial charge in [0.25, 0.3) is 0 Å². The van der Waals surface area contributed by atoms with Crippen LogP contribution in [0.25, 0.3) is 10.2 Å². The van der Waals surface area contributed by atoms with Crippen LogP contribution < -0.4 is 4.90 Å². The quantitative estimate of drug-likeness (QED) is 0.318. The number of benzene rings is 2. The molecule has 1 aliphatic rings. The minimum absolute atomic E-state index is 0.113. The number of amides is 1. The summed E-state index contributed by atoms with van der Waals surface area (Å²) in [4.78, 5) is 21.2. The van der Waals surface area contributed by atoms with E-state index in [9.17, 15) is 4.79 Å². The number of anilines is 1. The number of thioether (sulfide) groups is 1. The van der Waals surface area contributed by atoms with Crippen LogP contribution >= 0.6 is 23.1 Å². The van der Waals surface area contributed by atoms with E-state index < -0.39 is 0 Å². The number of carbonyl (C=O) groups excluding carboxylic acids is 1. The van der Waals surface area contributed by atoms with Crippen molar-refractivity contribution in [2.24, 2.45) is 0 Å². The van der Waals surface area contributed by atoms with E-state index >= 15 is 0 Å². The van der Waals surface area contributed by atoms with E-state index in [1.165, 1.54) is 10.5 Å². The Hall–Kier alpha value is -1.89. The molecular weight excluding hydrogens is 412 g/mol. The number of nitrogens with zero attached hydrogens (tertiary/aromatic N) is 2. The normalized spacial score (nSPS) is 16.3. The highest BCUT2D eigenvalue weighted by molar-refractivity contribution is 7.99. The van der Waals surface area contributed by atoms with Crippen molar-refractivity contribution in [3.8, 4) is 0 Å². The number of aromatic nitrogens is 1. The molecule has 0 saturated carbocycles. The molecule has 0 aliphatic carbocycles. The minimum Gasteiger partial charge on any atom is -0.376 e. The van der Waals surface area contributed by atoms with E-state index in [0.29, 0.717) is 13.0 Å². The first-order valence-electron chi connectivity index (χ1n) is 10.6. The van der Waals surface area contributed by atoms with Gasteiger partial charge in [-0.05, 0) is 68.2 Å². The monoisotopic (exact) mass is 440 g/mol. The fourth-order valence-corrected chi connectivity index (χ4v) is 5.86. The number of carbonyl (C=O) groups is 1. The summed E-state index contributed by atoms with van der Waals surface area (Å²) in [6.45, 7) is 5.58. The predicted molar refractivity (Wildman–Crippen MR) is 127 cm³/mol. The molecule has 4 rings (SSSR count). The third-order valence-corrected chi connectivity index (χ3v) is 7.43. The zero-order valence-corrected chi connectivity index (χ0v) is 19.2. The third kappa shape index (κ3) is 5.23. The van der Waals surface area contributed by atoms with Crippen LogP contribution in [0.5, 0.6) is 0 Å². The molecule has 1 amide bonds. The molecule has 158 valence electrons. The SMILES string of the molecule is Cc1cc(C)c2nc(N(CC3CCCO3)C(=O)CCCSc3ccccc3)sc2c1. The van der Waals surface area contributed by atoms with Crippen LogP contribution in [-0.4, -0.2) is 35.9 Å². The van der Waals surface area contributed by atoms with Crippen molar-refractivity contribution >= 4 is 44.4 Å². The van der Waals surface area contributed by atoms with Crippen molar-refractivity contribution in [2.45, 2.75) is 50.5 Å². The van der Waals surface area contributed by atoms with E-state index in [4.69, 9.17) is 9.72 Å². The third-order valence-electron chi connectivity index (χ3n) is 5.31. The molecule has 1 aliphatic heterocycles. The van der Waals surface area contributed by atoms with Gasteiger partial charge in [-0.3, -0.25) is 9.69 Å². The lowest BCUT2D eigenvalue weighted by Gasteiger charge is -2.23. The summed E-state index contributed by atoms with van der Waals surface area (Å²) in [6.07, 6.45) is 3.57. The van der Waals surface area contributed by atoms with Gasteiger partial charge < -0.3 is 4.74 Å². The van der Waals surface area contributed by atoms with Crippen LogP contribution in [0.1, 0.15) is 36.8 Å². The van der Waals surface area contributed by atoms with Crippen molar-refractivity contribution in [1.29, 1.82) is 0 Å². The number of hydrogen-bond donors (Lipinski definition) is 0. The molecule has 2 aromatic carbocycles. The Morgan fingerprint density at radius 3 is 2.87 bits per heavy atom. The Bertz CT molecular complexity index is 997. The van der Waals surface area contributed by atoms with Crippen molar-refractivity contribution in [3.05, 3.63) is 53.6 Å². The van der Waals surface area contributed by atoms with Crippen molar-refractivity contribution in [2.75, 3.05) is 23.8 Å². The smallest absolute Gasteiger partial charge is 0.228 e. The highest BCUT2D eigenvalue weighted by atomic mass is 32.2. The minimum atomic E-state index is 0.113. The maximum absolute atomic E-state index is 13.2. The van der Waals surface area contributed by atoms with Crippen molar-refractivity contribution in [1.82, 2.24) is 4.98 Å². The fourth-order valence-electron chi connectivity index (χ4n) is 3.82. The molecule has 1 aromatic heterocycles. The zero-order valence-electron chi connectivity index (χ0n) is 17.6. The van der Waals surface area contributed by atoms with E-state index in [1.807, 2.05) is 23.1 Å². The maximum atomic E-state index is 13.2. The molecule has 0 radical (unpaired) electrons. The van der Waals surface area contributed by atoms with Gasteiger partial charge in [0, 0.05) is 17.9 Å². The number of aryl methyl sites for hydroxylation is 2.